The van der Waals surface area contributed by atoms with Crippen LogP contribution in [0.15, 0.2) is 18.2 Å². The van der Waals surface area contributed by atoms with Crippen LogP contribution in [0, 0.1) is 10.1 Å². The lowest BCUT2D eigenvalue weighted by atomic mass is 10.2. The van der Waals surface area contributed by atoms with Gasteiger partial charge in [-0.05, 0) is 18.6 Å². The summed E-state index contributed by atoms with van der Waals surface area (Å²) in [5, 5.41) is 16.7. The van der Waals surface area contributed by atoms with E-state index in [1.165, 1.54) is 18.2 Å². The van der Waals surface area contributed by atoms with E-state index in [0.717, 1.165) is 0 Å². The van der Waals surface area contributed by atoms with Gasteiger partial charge in [-0.2, -0.15) is 0 Å². The molecular formula is C12H14ClN3O4. The number of amides is 1. The number of nitrogens with zero attached hydrogens (tertiary/aromatic N) is 1. The van der Waals surface area contributed by atoms with Gasteiger partial charge in [0.05, 0.1) is 17.1 Å². The van der Waals surface area contributed by atoms with E-state index in [1.54, 1.807) is 7.11 Å². The van der Waals surface area contributed by atoms with Crippen molar-refractivity contribution < 1.29 is 14.5 Å². The molecule has 1 fully saturated rings. The highest BCUT2D eigenvalue weighted by atomic mass is 35.5. The first kappa shape index (κ1) is 14.7. The van der Waals surface area contributed by atoms with Crippen LogP contribution in [0.25, 0.3) is 0 Å². The van der Waals surface area contributed by atoms with E-state index in [2.05, 4.69) is 10.6 Å². The van der Waals surface area contributed by atoms with Gasteiger partial charge in [0, 0.05) is 24.7 Å². The molecule has 0 spiro atoms. The van der Waals surface area contributed by atoms with Crippen LogP contribution < -0.4 is 10.6 Å². The first-order valence-electron chi connectivity index (χ1n) is 6.02. The summed E-state index contributed by atoms with van der Waals surface area (Å²) in [4.78, 5) is 22.4. The van der Waals surface area contributed by atoms with Crippen LogP contribution in [0.5, 0.6) is 0 Å². The second kappa shape index (κ2) is 6.17. The summed E-state index contributed by atoms with van der Waals surface area (Å²) >= 11 is 5.72. The van der Waals surface area contributed by atoms with Crippen LogP contribution in [-0.2, 0) is 9.53 Å². The van der Waals surface area contributed by atoms with Gasteiger partial charge in [-0.25, -0.2) is 0 Å². The van der Waals surface area contributed by atoms with E-state index < -0.39 is 11.0 Å². The Bertz CT molecular complexity index is 537. The predicted octanol–water partition coefficient (Wildman–Crippen LogP) is 1.56. The number of rotatable bonds is 4. The molecule has 0 bridgehead atoms. The van der Waals surface area contributed by atoms with Crippen molar-refractivity contribution >= 4 is 28.9 Å². The third kappa shape index (κ3) is 3.24. The minimum absolute atomic E-state index is 0.0223. The molecule has 0 radical (unpaired) electrons. The first-order valence-corrected chi connectivity index (χ1v) is 6.40. The Balaban J connectivity index is 2.10. The summed E-state index contributed by atoms with van der Waals surface area (Å²) in [6.07, 6.45) is 0.509. The van der Waals surface area contributed by atoms with Gasteiger partial charge in [0.2, 0.25) is 5.91 Å². The number of nitrogens with one attached hydrogen (secondary N) is 2. The van der Waals surface area contributed by atoms with E-state index >= 15 is 0 Å². The Morgan fingerprint density at radius 2 is 2.35 bits per heavy atom. The van der Waals surface area contributed by atoms with Crippen molar-refractivity contribution in [3.05, 3.63) is 33.3 Å². The topological polar surface area (TPSA) is 93.5 Å². The Morgan fingerprint density at radius 3 is 2.95 bits per heavy atom. The van der Waals surface area contributed by atoms with Crippen molar-refractivity contribution in [1.82, 2.24) is 5.32 Å². The summed E-state index contributed by atoms with van der Waals surface area (Å²) in [5.74, 6) is -0.324. The molecule has 1 aliphatic heterocycles. The molecule has 20 heavy (non-hydrogen) atoms. The van der Waals surface area contributed by atoms with Crippen molar-refractivity contribution in [1.29, 1.82) is 0 Å². The normalized spacial score (nSPS) is 21.7. The minimum atomic E-state index is -0.582. The van der Waals surface area contributed by atoms with E-state index in [0.29, 0.717) is 13.0 Å². The fourth-order valence-corrected chi connectivity index (χ4v) is 2.23. The molecule has 2 unspecified atom stereocenters. The Morgan fingerprint density at radius 1 is 1.60 bits per heavy atom. The molecule has 1 aromatic rings. The average molecular weight is 300 g/mol. The zero-order valence-electron chi connectivity index (χ0n) is 10.8. The number of carbonyl (C=O) groups is 1. The number of nitro groups is 1. The lowest BCUT2D eigenvalue weighted by Gasteiger charge is -2.11. The molecule has 0 aromatic heterocycles. The minimum Gasteiger partial charge on any atom is -0.380 e. The molecule has 108 valence electrons. The van der Waals surface area contributed by atoms with Crippen molar-refractivity contribution in [2.45, 2.75) is 18.6 Å². The standard InChI is InChI=1S/C12H14ClN3O4/c1-20-8-5-10(14-6-8)12(17)15-9-3-2-7(13)4-11(9)16(18)19/h2-4,8,10,14H,5-6H2,1H3,(H,15,17). The number of nitro benzene ring substituents is 1. The summed E-state index contributed by atoms with van der Waals surface area (Å²) in [5.41, 5.74) is -0.0980. The van der Waals surface area contributed by atoms with Crippen LogP contribution >= 0.6 is 11.6 Å². The lowest BCUT2D eigenvalue weighted by Crippen LogP contribution is -2.35. The van der Waals surface area contributed by atoms with E-state index in [9.17, 15) is 14.9 Å². The fraction of sp³-hybridized carbons (Fsp3) is 0.417. The van der Waals surface area contributed by atoms with Crippen LogP contribution in [0.1, 0.15) is 6.42 Å². The van der Waals surface area contributed by atoms with Gasteiger partial charge in [-0.15, -0.1) is 0 Å². The quantitative estimate of drug-likeness (QED) is 0.650. The smallest absolute Gasteiger partial charge is 0.294 e. The van der Waals surface area contributed by atoms with Crippen molar-refractivity contribution in [2.75, 3.05) is 19.0 Å². The first-order chi connectivity index (χ1) is 9.51. The van der Waals surface area contributed by atoms with E-state index in [1.807, 2.05) is 0 Å². The van der Waals surface area contributed by atoms with Crippen LogP contribution in [-0.4, -0.2) is 36.6 Å². The molecule has 1 saturated heterocycles. The van der Waals surface area contributed by atoms with Crippen molar-refractivity contribution in [3.8, 4) is 0 Å². The number of halogens is 1. The Hall–Kier alpha value is -1.70. The van der Waals surface area contributed by atoms with Crippen LogP contribution in [0.2, 0.25) is 5.02 Å². The molecule has 2 rings (SSSR count). The highest BCUT2D eigenvalue weighted by Crippen LogP contribution is 2.28. The number of methoxy groups -OCH3 is 1. The maximum Gasteiger partial charge on any atom is 0.294 e. The molecule has 2 N–H and O–H groups in total. The monoisotopic (exact) mass is 299 g/mol. The van der Waals surface area contributed by atoms with E-state index in [-0.39, 0.29) is 28.4 Å². The maximum absolute atomic E-state index is 12.1. The van der Waals surface area contributed by atoms with Gasteiger partial charge in [0.15, 0.2) is 0 Å². The van der Waals surface area contributed by atoms with Gasteiger partial charge in [-0.1, -0.05) is 11.6 Å². The average Bonchev–Trinajstić information content (AvgIpc) is 2.89. The molecule has 0 saturated carbocycles. The Kier molecular flexibility index (Phi) is 4.53. The molecule has 1 aromatic carbocycles. The largest absolute Gasteiger partial charge is 0.380 e. The molecule has 1 aliphatic rings. The fourth-order valence-electron chi connectivity index (χ4n) is 2.06. The number of anilines is 1. The van der Waals surface area contributed by atoms with Gasteiger partial charge in [-0.3, -0.25) is 14.9 Å². The van der Waals surface area contributed by atoms with Gasteiger partial charge in [0.1, 0.15) is 5.69 Å². The molecule has 0 aliphatic carbocycles. The predicted molar refractivity (Wildman–Crippen MR) is 73.9 cm³/mol. The van der Waals surface area contributed by atoms with Crippen LogP contribution in [0.4, 0.5) is 11.4 Å². The summed E-state index contributed by atoms with van der Waals surface area (Å²) in [6, 6.07) is 3.69. The SMILES string of the molecule is COC1CNC(C(=O)Nc2ccc(Cl)cc2[N+](=O)[O-])C1. The molecular weight excluding hydrogens is 286 g/mol. The molecule has 8 heteroatoms. The number of hydrogen-bond donors (Lipinski definition) is 2. The number of carbonyl (C=O) groups excluding carboxylic acids is 1. The maximum atomic E-state index is 12.1. The molecule has 1 heterocycles. The third-order valence-electron chi connectivity index (χ3n) is 3.15. The van der Waals surface area contributed by atoms with Gasteiger partial charge in [0.25, 0.3) is 5.69 Å². The van der Waals surface area contributed by atoms with Crippen molar-refractivity contribution in [2.24, 2.45) is 0 Å². The number of ether oxygens (including phenoxy) is 1. The van der Waals surface area contributed by atoms with E-state index in [4.69, 9.17) is 16.3 Å². The highest BCUT2D eigenvalue weighted by Gasteiger charge is 2.30. The second-order valence-corrected chi connectivity index (χ2v) is 4.90. The number of benzene rings is 1. The van der Waals surface area contributed by atoms with Crippen molar-refractivity contribution in [3.63, 3.8) is 0 Å². The number of hydrogen-bond acceptors (Lipinski definition) is 5. The van der Waals surface area contributed by atoms with Crippen LogP contribution in [0.3, 0.4) is 0 Å². The summed E-state index contributed by atoms with van der Waals surface area (Å²) < 4.78 is 5.15. The highest BCUT2D eigenvalue weighted by molar-refractivity contribution is 6.31. The lowest BCUT2D eigenvalue weighted by molar-refractivity contribution is -0.383. The molecule has 7 nitrogen and oxygen atoms in total. The van der Waals surface area contributed by atoms with Gasteiger partial charge < -0.3 is 15.4 Å². The second-order valence-electron chi connectivity index (χ2n) is 4.46. The summed E-state index contributed by atoms with van der Waals surface area (Å²) in [7, 11) is 1.58. The zero-order valence-corrected chi connectivity index (χ0v) is 11.5. The van der Waals surface area contributed by atoms with Gasteiger partial charge >= 0.3 is 0 Å². The third-order valence-corrected chi connectivity index (χ3v) is 3.39. The molecule has 1 amide bonds. The molecule has 2 atom stereocenters. The summed E-state index contributed by atoms with van der Waals surface area (Å²) in [6.45, 7) is 0.581. The zero-order chi connectivity index (χ0) is 14.7. The Labute approximate surface area is 120 Å².